The van der Waals surface area contributed by atoms with E-state index in [0.29, 0.717) is 5.75 Å². The number of benzene rings is 2. The Balaban J connectivity index is 1.90. The van der Waals surface area contributed by atoms with Crippen LogP contribution in [0.1, 0.15) is 23.6 Å². The van der Waals surface area contributed by atoms with Crippen molar-refractivity contribution in [1.82, 2.24) is 5.43 Å². The Bertz CT molecular complexity index is 732. The minimum atomic E-state index is -0.630. The van der Waals surface area contributed by atoms with Gasteiger partial charge in [-0.3, -0.25) is 4.79 Å². The van der Waals surface area contributed by atoms with E-state index in [1.54, 1.807) is 13.1 Å². The second-order valence-electron chi connectivity index (χ2n) is 6.30. The normalized spacial score (nSPS) is 12.0. The summed E-state index contributed by atoms with van der Waals surface area (Å²) >= 11 is 0. The van der Waals surface area contributed by atoms with E-state index in [0.717, 1.165) is 22.4 Å². The van der Waals surface area contributed by atoms with E-state index < -0.39 is 6.10 Å². The molecule has 0 heterocycles. The zero-order valence-corrected chi connectivity index (χ0v) is 15.4. The van der Waals surface area contributed by atoms with Crippen LogP contribution in [0.2, 0.25) is 0 Å². The largest absolute Gasteiger partial charge is 0.481 e. The first-order valence-electron chi connectivity index (χ1n) is 8.20. The van der Waals surface area contributed by atoms with Crippen molar-refractivity contribution in [2.45, 2.75) is 26.9 Å². The van der Waals surface area contributed by atoms with Gasteiger partial charge in [-0.2, -0.15) is 5.10 Å². The lowest BCUT2D eigenvalue weighted by molar-refractivity contribution is -0.127. The quantitative estimate of drug-likeness (QED) is 0.649. The van der Waals surface area contributed by atoms with Crippen molar-refractivity contribution in [3.63, 3.8) is 0 Å². The number of anilines is 1. The highest BCUT2D eigenvalue weighted by atomic mass is 16.5. The van der Waals surface area contributed by atoms with Gasteiger partial charge in [0.05, 0.1) is 6.21 Å². The maximum absolute atomic E-state index is 12.1. The van der Waals surface area contributed by atoms with Crippen LogP contribution in [0.5, 0.6) is 5.75 Å². The van der Waals surface area contributed by atoms with Crippen molar-refractivity contribution in [3.8, 4) is 5.75 Å². The van der Waals surface area contributed by atoms with Crippen LogP contribution in [-0.2, 0) is 4.79 Å². The molecule has 1 N–H and O–H groups in total. The van der Waals surface area contributed by atoms with Crippen molar-refractivity contribution in [1.29, 1.82) is 0 Å². The zero-order valence-electron chi connectivity index (χ0n) is 15.4. The molecule has 0 unspecified atom stereocenters. The molecule has 0 saturated heterocycles. The molecular formula is C20H25N3O2. The second-order valence-corrected chi connectivity index (χ2v) is 6.30. The maximum Gasteiger partial charge on any atom is 0.280 e. The van der Waals surface area contributed by atoms with Gasteiger partial charge in [0, 0.05) is 19.8 Å². The lowest BCUT2D eigenvalue weighted by atomic mass is 10.1. The van der Waals surface area contributed by atoms with Gasteiger partial charge in [-0.1, -0.05) is 18.2 Å². The number of hydrogen-bond donors (Lipinski definition) is 1. The molecule has 5 nitrogen and oxygen atoms in total. The number of amides is 1. The minimum Gasteiger partial charge on any atom is -0.481 e. The number of carbonyl (C=O) groups excluding carboxylic acids is 1. The fourth-order valence-electron chi connectivity index (χ4n) is 2.38. The average molecular weight is 339 g/mol. The molecule has 2 rings (SSSR count). The van der Waals surface area contributed by atoms with Crippen LogP contribution >= 0.6 is 0 Å². The Morgan fingerprint density at radius 2 is 1.72 bits per heavy atom. The fourth-order valence-corrected chi connectivity index (χ4v) is 2.38. The summed E-state index contributed by atoms with van der Waals surface area (Å²) in [6.07, 6.45) is 0.982. The van der Waals surface area contributed by atoms with Crippen LogP contribution in [0.4, 0.5) is 5.69 Å². The van der Waals surface area contributed by atoms with Gasteiger partial charge in [0.15, 0.2) is 6.10 Å². The molecule has 0 aromatic heterocycles. The molecule has 25 heavy (non-hydrogen) atoms. The molecule has 0 aliphatic carbocycles. The van der Waals surface area contributed by atoms with Gasteiger partial charge < -0.3 is 9.64 Å². The molecular weight excluding hydrogens is 314 g/mol. The first-order chi connectivity index (χ1) is 11.8. The van der Waals surface area contributed by atoms with Crippen LogP contribution in [0.15, 0.2) is 47.6 Å². The minimum absolute atomic E-state index is 0.291. The molecule has 132 valence electrons. The van der Waals surface area contributed by atoms with E-state index in [4.69, 9.17) is 4.74 Å². The highest BCUT2D eigenvalue weighted by molar-refractivity contribution is 5.84. The monoisotopic (exact) mass is 339 g/mol. The smallest absolute Gasteiger partial charge is 0.280 e. The first-order valence-corrected chi connectivity index (χ1v) is 8.20. The van der Waals surface area contributed by atoms with Crippen molar-refractivity contribution >= 4 is 17.8 Å². The van der Waals surface area contributed by atoms with E-state index in [-0.39, 0.29) is 5.91 Å². The zero-order chi connectivity index (χ0) is 18.4. The molecule has 2 aromatic rings. The van der Waals surface area contributed by atoms with Gasteiger partial charge in [-0.15, -0.1) is 0 Å². The Hall–Kier alpha value is -2.82. The summed E-state index contributed by atoms with van der Waals surface area (Å²) in [6, 6.07) is 13.8. The summed E-state index contributed by atoms with van der Waals surface area (Å²) in [5.41, 5.74) is 6.73. The topological polar surface area (TPSA) is 53.9 Å². The summed E-state index contributed by atoms with van der Waals surface area (Å²) < 4.78 is 5.69. The number of hydrazone groups is 1. The summed E-state index contributed by atoms with van der Waals surface area (Å²) in [7, 11) is 3.97. The van der Waals surface area contributed by atoms with Crippen molar-refractivity contribution in [2.24, 2.45) is 5.10 Å². The van der Waals surface area contributed by atoms with E-state index in [1.807, 2.05) is 69.2 Å². The molecule has 0 radical (unpaired) electrons. The third-order valence-electron chi connectivity index (χ3n) is 3.68. The number of aryl methyl sites for hydroxylation is 2. The van der Waals surface area contributed by atoms with E-state index in [9.17, 15) is 4.79 Å². The predicted molar refractivity (Wildman–Crippen MR) is 103 cm³/mol. The Morgan fingerprint density at radius 1 is 1.12 bits per heavy atom. The van der Waals surface area contributed by atoms with Crippen LogP contribution in [0.25, 0.3) is 0 Å². The summed E-state index contributed by atoms with van der Waals surface area (Å²) in [5.74, 6) is 0.392. The van der Waals surface area contributed by atoms with Gasteiger partial charge in [0.1, 0.15) is 5.75 Å². The van der Waals surface area contributed by atoms with Crippen LogP contribution in [0.3, 0.4) is 0 Å². The maximum atomic E-state index is 12.1. The van der Waals surface area contributed by atoms with Crippen molar-refractivity contribution in [3.05, 3.63) is 59.2 Å². The van der Waals surface area contributed by atoms with Gasteiger partial charge in [0.25, 0.3) is 5.91 Å². The number of carbonyl (C=O) groups is 1. The van der Waals surface area contributed by atoms with Crippen molar-refractivity contribution < 1.29 is 9.53 Å². The summed E-state index contributed by atoms with van der Waals surface area (Å²) in [4.78, 5) is 14.1. The highest BCUT2D eigenvalue weighted by Gasteiger charge is 2.14. The number of nitrogens with zero attached hydrogens (tertiary/aromatic N) is 2. The average Bonchev–Trinajstić information content (AvgIpc) is 2.54. The number of nitrogens with one attached hydrogen (secondary N) is 1. The summed E-state index contributed by atoms with van der Waals surface area (Å²) in [5, 5.41) is 4.00. The molecule has 1 atom stereocenters. The molecule has 0 aliphatic heterocycles. The molecule has 2 aromatic carbocycles. The first kappa shape index (κ1) is 18.5. The molecule has 0 fully saturated rings. The van der Waals surface area contributed by atoms with Gasteiger partial charge in [-0.25, -0.2) is 5.43 Å². The lowest BCUT2D eigenvalue weighted by Crippen LogP contribution is -2.33. The van der Waals surface area contributed by atoms with Gasteiger partial charge in [-0.05, 0) is 61.7 Å². The lowest BCUT2D eigenvalue weighted by Gasteiger charge is -2.14. The molecule has 0 aliphatic rings. The van der Waals surface area contributed by atoms with Crippen LogP contribution in [0, 0.1) is 13.8 Å². The molecule has 0 bridgehead atoms. The van der Waals surface area contributed by atoms with Gasteiger partial charge >= 0.3 is 0 Å². The van der Waals surface area contributed by atoms with Crippen LogP contribution < -0.4 is 15.1 Å². The van der Waals surface area contributed by atoms with E-state index in [2.05, 4.69) is 16.6 Å². The molecule has 0 saturated carbocycles. The van der Waals surface area contributed by atoms with E-state index >= 15 is 0 Å². The molecule has 1 amide bonds. The predicted octanol–water partition coefficient (Wildman–Crippen LogP) is 3.29. The third kappa shape index (κ3) is 5.64. The van der Waals surface area contributed by atoms with E-state index in [1.165, 1.54) is 0 Å². The van der Waals surface area contributed by atoms with Gasteiger partial charge in [0.2, 0.25) is 0 Å². The third-order valence-corrected chi connectivity index (χ3v) is 3.68. The fraction of sp³-hybridized carbons (Fsp3) is 0.300. The Kier molecular flexibility index (Phi) is 6.17. The molecule has 5 heteroatoms. The highest BCUT2D eigenvalue weighted by Crippen LogP contribution is 2.17. The van der Waals surface area contributed by atoms with Crippen LogP contribution in [-0.4, -0.2) is 32.3 Å². The van der Waals surface area contributed by atoms with Crippen molar-refractivity contribution in [2.75, 3.05) is 19.0 Å². The number of rotatable bonds is 6. The standard InChI is InChI=1S/C20H25N3O2/c1-14-10-15(2)12-19(11-14)25-16(3)20(24)22-21-13-17-6-8-18(9-7-17)23(4)5/h6-13,16H,1-5H3,(H,22,24)/b21-13+/t16-/m0/s1. The number of ether oxygens (including phenoxy) is 1. The molecule has 0 spiro atoms. The number of hydrogen-bond acceptors (Lipinski definition) is 4. The summed E-state index contributed by atoms with van der Waals surface area (Å²) in [6.45, 7) is 5.70. The Morgan fingerprint density at radius 3 is 2.28 bits per heavy atom. The SMILES string of the molecule is Cc1cc(C)cc(O[C@@H](C)C(=O)N/N=C/c2ccc(N(C)C)cc2)c1. The second kappa shape index (κ2) is 8.33. The Labute approximate surface area is 149 Å².